The summed E-state index contributed by atoms with van der Waals surface area (Å²) in [5.41, 5.74) is 1.22. The predicted molar refractivity (Wildman–Crippen MR) is 71.2 cm³/mol. The second kappa shape index (κ2) is 6.33. The van der Waals surface area contributed by atoms with Gasteiger partial charge in [-0.15, -0.1) is 0 Å². The zero-order valence-electron chi connectivity index (χ0n) is 10.8. The number of aromatic amines is 1. The average Bonchev–Trinajstić information content (AvgIpc) is 2.93. The van der Waals surface area contributed by atoms with Crippen LogP contribution in [0.15, 0.2) is 42.7 Å². The zero-order chi connectivity index (χ0) is 12.8. The Balaban J connectivity index is 2.07. The molecule has 0 radical (unpaired) electrons. The molecular weight excluding hydrogens is 226 g/mol. The quantitative estimate of drug-likeness (QED) is 0.822. The van der Waals surface area contributed by atoms with Gasteiger partial charge in [-0.1, -0.05) is 30.3 Å². The fraction of sp³-hybridized carbons (Fsp3) is 0.357. The third kappa shape index (κ3) is 3.18. The summed E-state index contributed by atoms with van der Waals surface area (Å²) in [5, 5.41) is 3.52. The lowest BCUT2D eigenvalue weighted by Gasteiger charge is -2.22. The molecule has 0 fully saturated rings. The number of methoxy groups -OCH3 is 1. The molecule has 0 aliphatic carbocycles. The second-order valence-corrected chi connectivity index (χ2v) is 4.28. The molecule has 2 aromatic rings. The second-order valence-electron chi connectivity index (χ2n) is 4.28. The van der Waals surface area contributed by atoms with Gasteiger partial charge in [0.2, 0.25) is 0 Å². The van der Waals surface area contributed by atoms with E-state index in [1.165, 1.54) is 5.56 Å². The summed E-state index contributed by atoms with van der Waals surface area (Å²) < 4.78 is 5.28. The first-order valence-corrected chi connectivity index (χ1v) is 6.10. The van der Waals surface area contributed by atoms with Gasteiger partial charge in [-0.2, -0.15) is 0 Å². The summed E-state index contributed by atoms with van der Waals surface area (Å²) in [6.07, 6.45) is 3.60. The Morgan fingerprint density at radius 1 is 1.33 bits per heavy atom. The monoisotopic (exact) mass is 245 g/mol. The highest BCUT2D eigenvalue weighted by molar-refractivity contribution is 5.19. The minimum atomic E-state index is 0.153. The van der Waals surface area contributed by atoms with Crippen LogP contribution in [0, 0.1) is 0 Å². The first kappa shape index (κ1) is 12.8. The van der Waals surface area contributed by atoms with Crippen LogP contribution in [0.1, 0.15) is 30.4 Å². The molecular formula is C14H19N3O. The van der Waals surface area contributed by atoms with Crippen molar-refractivity contribution < 1.29 is 4.74 Å². The summed E-state index contributed by atoms with van der Waals surface area (Å²) in [6.45, 7) is 2.72. The van der Waals surface area contributed by atoms with Gasteiger partial charge in [-0.25, -0.2) is 4.98 Å². The molecule has 18 heavy (non-hydrogen) atoms. The molecule has 2 atom stereocenters. The van der Waals surface area contributed by atoms with E-state index in [4.69, 9.17) is 4.74 Å². The molecule has 0 amide bonds. The number of H-pyrrole nitrogens is 1. The first-order valence-electron chi connectivity index (χ1n) is 6.10. The lowest BCUT2D eigenvalue weighted by Crippen LogP contribution is -2.28. The van der Waals surface area contributed by atoms with E-state index in [0.717, 1.165) is 5.82 Å². The van der Waals surface area contributed by atoms with E-state index in [0.29, 0.717) is 6.61 Å². The summed E-state index contributed by atoms with van der Waals surface area (Å²) >= 11 is 0. The van der Waals surface area contributed by atoms with Crippen molar-refractivity contribution in [2.45, 2.75) is 19.0 Å². The molecule has 0 bridgehead atoms. The fourth-order valence-electron chi connectivity index (χ4n) is 1.99. The van der Waals surface area contributed by atoms with E-state index in [9.17, 15) is 0 Å². The van der Waals surface area contributed by atoms with Crippen molar-refractivity contribution in [3.05, 3.63) is 54.1 Å². The topological polar surface area (TPSA) is 49.9 Å². The Morgan fingerprint density at radius 2 is 2.11 bits per heavy atom. The standard InChI is InChI=1S/C14H19N3O/c1-11(14-15-8-9-16-14)17-13(10-18-2)12-6-4-3-5-7-12/h3-9,11,13,17H,10H2,1-2H3,(H,15,16). The first-order chi connectivity index (χ1) is 8.81. The normalized spacial score (nSPS) is 14.3. The van der Waals surface area contributed by atoms with Crippen LogP contribution in [0.2, 0.25) is 0 Å². The van der Waals surface area contributed by atoms with Gasteiger partial charge in [0.25, 0.3) is 0 Å². The maximum Gasteiger partial charge on any atom is 0.122 e. The maximum absolute atomic E-state index is 5.28. The minimum absolute atomic E-state index is 0.153. The molecule has 1 heterocycles. The number of rotatable bonds is 6. The predicted octanol–water partition coefficient (Wildman–Crippen LogP) is 2.45. The maximum atomic E-state index is 5.28. The van der Waals surface area contributed by atoms with Crippen LogP contribution in [0.4, 0.5) is 0 Å². The Bertz CT molecular complexity index is 441. The molecule has 2 N–H and O–H groups in total. The number of aromatic nitrogens is 2. The number of nitrogens with zero attached hydrogens (tertiary/aromatic N) is 1. The molecule has 0 aliphatic rings. The number of hydrogen-bond acceptors (Lipinski definition) is 3. The van der Waals surface area contributed by atoms with Gasteiger partial charge in [0.15, 0.2) is 0 Å². The average molecular weight is 245 g/mol. The highest BCUT2D eigenvalue weighted by atomic mass is 16.5. The van der Waals surface area contributed by atoms with Crippen molar-refractivity contribution in [2.75, 3.05) is 13.7 Å². The van der Waals surface area contributed by atoms with Crippen LogP contribution in [0.5, 0.6) is 0 Å². The third-order valence-corrected chi connectivity index (χ3v) is 2.92. The number of nitrogens with one attached hydrogen (secondary N) is 2. The van der Waals surface area contributed by atoms with Gasteiger partial charge >= 0.3 is 0 Å². The van der Waals surface area contributed by atoms with Gasteiger partial charge in [0.1, 0.15) is 5.82 Å². The van der Waals surface area contributed by atoms with E-state index < -0.39 is 0 Å². The molecule has 4 nitrogen and oxygen atoms in total. The van der Waals surface area contributed by atoms with Crippen LogP contribution in [0.3, 0.4) is 0 Å². The Kier molecular flexibility index (Phi) is 4.50. The molecule has 1 aromatic carbocycles. The highest BCUT2D eigenvalue weighted by Crippen LogP contribution is 2.17. The van der Waals surface area contributed by atoms with Crippen molar-refractivity contribution in [2.24, 2.45) is 0 Å². The Hall–Kier alpha value is -1.65. The summed E-state index contributed by atoms with van der Waals surface area (Å²) in [6, 6.07) is 10.6. The molecule has 2 rings (SSSR count). The fourth-order valence-corrected chi connectivity index (χ4v) is 1.99. The largest absolute Gasteiger partial charge is 0.383 e. The highest BCUT2D eigenvalue weighted by Gasteiger charge is 2.16. The summed E-state index contributed by atoms with van der Waals surface area (Å²) in [7, 11) is 1.72. The molecule has 0 aliphatic heterocycles. The van der Waals surface area contributed by atoms with E-state index in [1.54, 1.807) is 13.3 Å². The van der Waals surface area contributed by atoms with Gasteiger partial charge in [0.05, 0.1) is 18.7 Å². The third-order valence-electron chi connectivity index (χ3n) is 2.92. The van der Waals surface area contributed by atoms with Gasteiger partial charge in [-0.3, -0.25) is 5.32 Å². The lowest BCUT2D eigenvalue weighted by atomic mass is 10.1. The molecule has 2 unspecified atom stereocenters. The summed E-state index contributed by atoms with van der Waals surface area (Å²) in [4.78, 5) is 7.39. The molecule has 1 aromatic heterocycles. The number of benzene rings is 1. The number of ether oxygens (including phenoxy) is 1. The molecule has 0 saturated heterocycles. The molecule has 0 spiro atoms. The molecule has 4 heteroatoms. The van der Waals surface area contributed by atoms with Gasteiger partial charge in [0, 0.05) is 19.5 Å². The summed E-state index contributed by atoms with van der Waals surface area (Å²) in [5.74, 6) is 0.937. The van der Waals surface area contributed by atoms with Crippen LogP contribution < -0.4 is 5.32 Å². The number of hydrogen-bond donors (Lipinski definition) is 2. The van der Waals surface area contributed by atoms with Crippen LogP contribution in [-0.2, 0) is 4.74 Å². The lowest BCUT2D eigenvalue weighted by molar-refractivity contribution is 0.161. The van der Waals surface area contributed by atoms with Gasteiger partial charge in [-0.05, 0) is 12.5 Å². The van der Waals surface area contributed by atoms with Crippen LogP contribution in [-0.4, -0.2) is 23.7 Å². The van der Waals surface area contributed by atoms with Crippen molar-refractivity contribution in [3.8, 4) is 0 Å². The smallest absolute Gasteiger partial charge is 0.122 e. The van der Waals surface area contributed by atoms with Crippen molar-refractivity contribution in [1.29, 1.82) is 0 Å². The van der Waals surface area contributed by atoms with E-state index in [2.05, 4.69) is 34.3 Å². The van der Waals surface area contributed by atoms with E-state index >= 15 is 0 Å². The molecule has 96 valence electrons. The van der Waals surface area contributed by atoms with Crippen molar-refractivity contribution in [3.63, 3.8) is 0 Å². The zero-order valence-corrected chi connectivity index (χ0v) is 10.8. The van der Waals surface area contributed by atoms with Crippen molar-refractivity contribution >= 4 is 0 Å². The number of imidazole rings is 1. The minimum Gasteiger partial charge on any atom is -0.383 e. The van der Waals surface area contributed by atoms with E-state index in [-0.39, 0.29) is 12.1 Å². The van der Waals surface area contributed by atoms with Crippen molar-refractivity contribution in [1.82, 2.24) is 15.3 Å². The Labute approximate surface area is 107 Å². The van der Waals surface area contributed by atoms with Crippen LogP contribution >= 0.6 is 0 Å². The SMILES string of the molecule is COCC(NC(C)c1ncc[nH]1)c1ccccc1. The van der Waals surface area contributed by atoms with Crippen LogP contribution in [0.25, 0.3) is 0 Å². The molecule has 0 saturated carbocycles. The Morgan fingerprint density at radius 3 is 2.72 bits per heavy atom. The van der Waals surface area contributed by atoms with Gasteiger partial charge < -0.3 is 9.72 Å². The van der Waals surface area contributed by atoms with E-state index in [1.807, 2.05) is 24.4 Å².